The minimum Gasteiger partial charge on any atom is -0.390 e. The van der Waals surface area contributed by atoms with Gasteiger partial charge in [-0.05, 0) is 18.1 Å². The molecule has 5 heteroatoms. The summed E-state index contributed by atoms with van der Waals surface area (Å²) in [5.41, 5.74) is 0.937. The molecule has 0 saturated carbocycles. The van der Waals surface area contributed by atoms with Crippen LogP contribution in [0.25, 0.3) is 0 Å². The van der Waals surface area contributed by atoms with Gasteiger partial charge < -0.3 is 24.4 Å². The molecule has 2 aromatic rings. The van der Waals surface area contributed by atoms with Gasteiger partial charge in [0.1, 0.15) is 17.8 Å². The summed E-state index contributed by atoms with van der Waals surface area (Å²) in [4.78, 5) is 0. The molecule has 31 heavy (non-hydrogen) atoms. The quantitative estimate of drug-likeness (QED) is 0.568. The van der Waals surface area contributed by atoms with Gasteiger partial charge in [-0.25, -0.2) is 0 Å². The van der Waals surface area contributed by atoms with E-state index in [-0.39, 0.29) is 12.7 Å². The fourth-order valence-corrected chi connectivity index (χ4v) is 3.69. The Morgan fingerprint density at radius 3 is 2.32 bits per heavy atom. The molecule has 5 nitrogen and oxygen atoms in total. The number of benzene rings is 2. The van der Waals surface area contributed by atoms with E-state index in [9.17, 15) is 10.2 Å². The topological polar surface area (TPSA) is 68.2 Å². The van der Waals surface area contributed by atoms with E-state index in [2.05, 4.69) is 6.58 Å². The second kappa shape index (κ2) is 11.4. The summed E-state index contributed by atoms with van der Waals surface area (Å²) in [6.07, 6.45) is 2.43. The Kier molecular flexibility index (Phi) is 8.58. The summed E-state index contributed by atoms with van der Waals surface area (Å²) in [5, 5.41) is 21.5. The van der Waals surface area contributed by atoms with Crippen LogP contribution in [0.4, 0.5) is 0 Å². The minimum absolute atomic E-state index is 0.286. The van der Waals surface area contributed by atoms with Crippen LogP contribution >= 0.6 is 0 Å². The summed E-state index contributed by atoms with van der Waals surface area (Å²) >= 11 is 0. The number of aliphatic hydroxyl groups excluding tert-OH is 2. The lowest BCUT2D eigenvalue weighted by molar-refractivity contribution is -0.263. The standard InChI is InChI=1S/C26H32O5/c1-3-4-15-24(27)26(2)25(28)16-22(30-18-21-13-9-6-10-14-21)23(31-26)19-29-17-20-11-7-5-8-12-20/h3-15,22-25,27-28H,1,16-19H2,2H3/b15-4+/t22-,23+,24-,25+,26-/m1/s1. The van der Waals surface area contributed by atoms with Crippen molar-refractivity contribution in [2.24, 2.45) is 0 Å². The Hall–Kier alpha value is -2.28. The van der Waals surface area contributed by atoms with Crippen molar-refractivity contribution in [1.29, 1.82) is 0 Å². The highest BCUT2D eigenvalue weighted by Gasteiger charge is 2.49. The van der Waals surface area contributed by atoms with Crippen LogP contribution in [-0.2, 0) is 27.4 Å². The molecule has 2 N–H and O–H groups in total. The third kappa shape index (κ3) is 6.35. The van der Waals surface area contributed by atoms with Crippen molar-refractivity contribution < 1.29 is 24.4 Å². The fraction of sp³-hybridized carbons (Fsp3) is 0.385. The Morgan fingerprint density at radius 2 is 1.71 bits per heavy atom. The zero-order chi connectivity index (χ0) is 22.1. The van der Waals surface area contributed by atoms with E-state index < -0.39 is 23.9 Å². The van der Waals surface area contributed by atoms with Crippen LogP contribution in [0, 0.1) is 0 Å². The SMILES string of the molecule is C=C/C=C/[C@@H](O)[C@@]1(C)O[C@@H](COCc2ccccc2)[C@H](OCc2ccccc2)C[C@@H]1O. The molecule has 1 heterocycles. The van der Waals surface area contributed by atoms with Crippen molar-refractivity contribution in [2.45, 2.75) is 56.6 Å². The van der Waals surface area contributed by atoms with Gasteiger partial charge >= 0.3 is 0 Å². The first-order valence-electron chi connectivity index (χ1n) is 10.6. The molecule has 2 aromatic carbocycles. The van der Waals surface area contributed by atoms with Crippen LogP contribution in [0.3, 0.4) is 0 Å². The molecular formula is C26H32O5. The summed E-state index contributed by atoms with van der Waals surface area (Å²) < 4.78 is 18.3. The van der Waals surface area contributed by atoms with Crippen molar-refractivity contribution in [3.05, 3.63) is 96.6 Å². The molecule has 1 saturated heterocycles. The Labute approximate surface area is 184 Å². The van der Waals surface area contributed by atoms with E-state index in [1.807, 2.05) is 60.7 Å². The molecule has 0 aromatic heterocycles. The van der Waals surface area contributed by atoms with Gasteiger partial charge in [-0.1, -0.05) is 85.5 Å². The number of rotatable bonds is 10. The van der Waals surface area contributed by atoms with Gasteiger partial charge in [-0.15, -0.1) is 0 Å². The van der Waals surface area contributed by atoms with E-state index in [1.165, 1.54) is 0 Å². The lowest BCUT2D eigenvalue weighted by atomic mass is 9.84. The Bertz CT molecular complexity index is 822. The number of hydrogen-bond donors (Lipinski definition) is 2. The van der Waals surface area contributed by atoms with Crippen LogP contribution in [0.2, 0.25) is 0 Å². The van der Waals surface area contributed by atoms with Gasteiger partial charge in [0.2, 0.25) is 0 Å². The average Bonchev–Trinajstić information content (AvgIpc) is 2.80. The minimum atomic E-state index is -1.17. The van der Waals surface area contributed by atoms with Crippen molar-refractivity contribution in [3.8, 4) is 0 Å². The van der Waals surface area contributed by atoms with Gasteiger partial charge in [0.15, 0.2) is 0 Å². The number of ether oxygens (including phenoxy) is 3. The lowest BCUT2D eigenvalue weighted by Gasteiger charge is -2.47. The summed E-state index contributed by atoms with van der Waals surface area (Å²) in [6, 6.07) is 19.8. The van der Waals surface area contributed by atoms with Crippen LogP contribution in [0.1, 0.15) is 24.5 Å². The zero-order valence-corrected chi connectivity index (χ0v) is 18.0. The highest BCUT2D eigenvalue weighted by Crippen LogP contribution is 2.34. The second-order valence-electron chi connectivity index (χ2n) is 7.99. The molecule has 0 unspecified atom stereocenters. The van der Waals surface area contributed by atoms with Gasteiger partial charge in [0, 0.05) is 6.42 Å². The van der Waals surface area contributed by atoms with Gasteiger partial charge in [-0.3, -0.25) is 0 Å². The maximum Gasteiger partial charge on any atom is 0.121 e. The predicted molar refractivity (Wildman–Crippen MR) is 120 cm³/mol. The molecule has 0 spiro atoms. The van der Waals surface area contributed by atoms with Crippen molar-refractivity contribution in [1.82, 2.24) is 0 Å². The van der Waals surface area contributed by atoms with E-state index in [1.54, 1.807) is 25.2 Å². The summed E-state index contributed by atoms with van der Waals surface area (Å²) in [5.74, 6) is 0. The molecule has 0 amide bonds. The van der Waals surface area contributed by atoms with Crippen LogP contribution in [0.5, 0.6) is 0 Å². The Balaban J connectivity index is 1.69. The van der Waals surface area contributed by atoms with E-state index >= 15 is 0 Å². The number of hydrogen-bond acceptors (Lipinski definition) is 5. The summed E-state index contributed by atoms with van der Waals surface area (Å²) in [7, 11) is 0. The van der Waals surface area contributed by atoms with Gasteiger partial charge in [-0.2, -0.15) is 0 Å². The highest BCUT2D eigenvalue weighted by molar-refractivity contribution is 5.15. The Morgan fingerprint density at radius 1 is 1.10 bits per heavy atom. The lowest BCUT2D eigenvalue weighted by Crippen LogP contribution is -2.61. The molecule has 5 atom stereocenters. The zero-order valence-electron chi connectivity index (χ0n) is 18.0. The second-order valence-corrected chi connectivity index (χ2v) is 7.99. The molecule has 0 bridgehead atoms. The molecule has 1 fully saturated rings. The van der Waals surface area contributed by atoms with Crippen molar-refractivity contribution >= 4 is 0 Å². The van der Waals surface area contributed by atoms with Gasteiger partial charge in [0.25, 0.3) is 0 Å². The molecular weight excluding hydrogens is 392 g/mol. The summed E-state index contributed by atoms with van der Waals surface area (Å²) in [6.45, 7) is 6.49. The molecule has 0 radical (unpaired) electrons. The molecule has 166 valence electrons. The first-order valence-corrected chi connectivity index (χ1v) is 10.6. The molecule has 3 rings (SSSR count). The average molecular weight is 425 g/mol. The number of aliphatic hydroxyl groups is 2. The van der Waals surface area contributed by atoms with Crippen LogP contribution in [0.15, 0.2) is 85.5 Å². The monoisotopic (exact) mass is 424 g/mol. The van der Waals surface area contributed by atoms with Crippen molar-refractivity contribution in [3.63, 3.8) is 0 Å². The third-order valence-corrected chi connectivity index (χ3v) is 5.65. The highest BCUT2D eigenvalue weighted by atomic mass is 16.6. The maximum atomic E-state index is 10.8. The van der Waals surface area contributed by atoms with Crippen LogP contribution in [-0.4, -0.2) is 46.8 Å². The van der Waals surface area contributed by atoms with Crippen LogP contribution < -0.4 is 0 Å². The third-order valence-electron chi connectivity index (χ3n) is 5.65. The molecule has 0 aliphatic carbocycles. The fourth-order valence-electron chi connectivity index (χ4n) is 3.69. The predicted octanol–water partition coefficient (Wildman–Crippen LogP) is 3.80. The maximum absolute atomic E-state index is 10.8. The molecule has 1 aliphatic heterocycles. The first kappa shape index (κ1) is 23.4. The van der Waals surface area contributed by atoms with E-state index in [0.717, 1.165) is 11.1 Å². The van der Waals surface area contributed by atoms with Gasteiger partial charge in [0.05, 0.1) is 32.0 Å². The molecule has 1 aliphatic rings. The van der Waals surface area contributed by atoms with Crippen molar-refractivity contribution in [2.75, 3.05) is 6.61 Å². The van der Waals surface area contributed by atoms with E-state index in [0.29, 0.717) is 19.6 Å². The normalized spacial score (nSPS) is 27.3. The largest absolute Gasteiger partial charge is 0.390 e. The van der Waals surface area contributed by atoms with E-state index in [4.69, 9.17) is 14.2 Å². The number of allylic oxidation sites excluding steroid dienone is 2. The first-order chi connectivity index (χ1) is 15.0. The smallest absolute Gasteiger partial charge is 0.121 e.